The van der Waals surface area contributed by atoms with E-state index in [1.165, 1.54) is 23.5 Å². The predicted molar refractivity (Wildman–Crippen MR) is 60.5 cm³/mol. The molecule has 1 N–H and O–H groups in total. The number of thiazole rings is 1. The summed E-state index contributed by atoms with van der Waals surface area (Å²) in [7, 11) is 0. The van der Waals surface area contributed by atoms with Gasteiger partial charge < -0.3 is 5.32 Å². The second-order valence-electron chi connectivity index (χ2n) is 4.09. The molecule has 1 atom stereocenters. The molecule has 0 spiro atoms. The summed E-state index contributed by atoms with van der Waals surface area (Å²) in [5.41, 5.74) is 1.21. The van der Waals surface area contributed by atoms with E-state index in [-0.39, 0.29) is 0 Å². The number of hydrogen-bond acceptors (Lipinski definition) is 3. The maximum absolute atomic E-state index is 4.54. The van der Waals surface area contributed by atoms with E-state index < -0.39 is 0 Å². The largest absolute Gasteiger partial charge is 0.308 e. The van der Waals surface area contributed by atoms with Gasteiger partial charge in [0.2, 0.25) is 0 Å². The Balaban J connectivity index is 1.78. The van der Waals surface area contributed by atoms with Gasteiger partial charge in [-0.25, -0.2) is 4.98 Å². The van der Waals surface area contributed by atoms with Crippen LogP contribution in [0.15, 0.2) is 5.38 Å². The molecule has 2 nitrogen and oxygen atoms in total. The smallest absolute Gasteiger partial charge is 0.0926 e. The fraction of sp³-hybridized carbons (Fsp3) is 0.727. The highest BCUT2D eigenvalue weighted by atomic mass is 32.1. The predicted octanol–water partition coefficient (Wildman–Crippen LogP) is 2.59. The van der Waals surface area contributed by atoms with E-state index in [2.05, 4.69) is 29.5 Å². The van der Waals surface area contributed by atoms with Crippen LogP contribution in [-0.4, -0.2) is 11.0 Å². The fourth-order valence-electron chi connectivity index (χ4n) is 1.62. The molecule has 1 saturated carbocycles. The molecule has 1 fully saturated rings. The number of rotatable bonds is 5. The van der Waals surface area contributed by atoms with Crippen LogP contribution in [0.1, 0.15) is 37.4 Å². The van der Waals surface area contributed by atoms with Crippen molar-refractivity contribution in [2.45, 2.75) is 45.7 Å². The molecule has 1 heterocycles. The Bertz CT molecular complexity index is 291. The number of hydrogen-bond donors (Lipinski definition) is 1. The first-order valence-corrected chi connectivity index (χ1v) is 6.34. The molecule has 0 bridgehead atoms. The third-order valence-electron chi connectivity index (χ3n) is 2.84. The fourth-order valence-corrected chi connectivity index (χ4v) is 2.37. The summed E-state index contributed by atoms with van der Waals surface area (Å²) in [5, 5.41) is 6.97. The highest BCUT2D eigenvalue weighted by Crippen LogP contribution is 2.32. The van der Waals surface area contributed by atoms with E-state index in [1.807, 2.05) is 0 Å². The Kier molecular flexibility index (Phi) is 3.19. The van der Waals surface area contributed by atoms with Crippen LogP contribution in [0, 0.1) is 5.92 Å². The van der Waals surface area contributed by atoms with Gasteiger partial charge in [0.05, 0.1) is 10.7 Å². The number of aromatic nitrogens is 1. The molecule has 0 saturated heterocycles. The first-order chi connectivity index (χ1) is 6.79. The first kappa shape index (κ1) is 10.1. The highest BCUT2D eigenvalue weighted by Gasteiger charge is 2.27. The van der Waals surface area contributed by atoms with Crippen LogP contribution in [0.3, 0.4) is 0 Å². The van der Waals surface area contributed by atoms with Crippen molar-refractivity contribution in [2.75, 3.05) is 0 Å². The zero-order chi connectivity index (χ0) is 9.97. The summed E-state index contributed by atoms with van der Waals surface area (Å²) in [6.45, 7) is 5.38. The molecule has 0 aromatic carbocycles. The van der Waals surface area contributed by atoms with Gasteiger partial charge in [-0.3, -0.25) is 0 Å². The van der Waals surface area contributed by atoms with E-state index in [0.717, 1.165) is 18.9 Å². The minimum absolute atomic E-state index is 0.668. The van der Waals surface area contributed by atoms with Gasteiger partial charge in [0, 0.05) is 18.0 Å². The minimum atomic E-state index is 0.668. The molecule has 1 unspecified atom stereocenters. The molecule has 0 aliphatic heterocycles. The normalized spacial score (nSPS) is 18.4. The molecule has 78 valence electrons. The maximum Gasteiger partial charge on any atom is 0.0926 e. The third-order valence-corrected chi connectivity index (χ3v) is 3.88. The van der Waals surface area contributed by atoms with Crippen LogP contribution >= 0.6 is 11.3 Å². The summed E-state index contributed by atoms with van der Waals surface area (Å²) in [4.78, 5) is 4.54. The molecular weight excluding hydrogens is 192 g/mol. The van der Waals surface area contributed by atoms with Crippen molar-refractivity contribution >= 4 is 11.3 Å². The molecule has 1 aromatic heterocycles. The second-order valence-corrected chi connectivity index (χ2v) is 5.04. The summed E-state index contributed by atoms with van der Waals surface area (Å²) in [6.07, 6.45) is 3.87. The summed E-state index contributed by atoms with van der Waals surface area (Å²) in [5.74, 6) is 0.930. The van der Waals surface area contributed by atoms with Crippen LogP contribution in [0.25, 0.3) is 0 Å². The van der Waals surface area contributed by atoms with E-state index in [1.54, 1.807) is 11.3 Å². The summed E-state index contributed by atoms with van der Waals surface area (Å²) < 4.78 is 0. The average molecular weight is 210 g/mol. The summed E-state index contributed by atoms with van der Waals surface area (Å²) >= 11 is 1.77. The van der Waals surface area contributed by atoms with Crippen molar-refractivity contribution in [3.05, 3.63) is 16.1 Å². The highest BCUT2D eigenvalue weighted by molar-refractivity contribution is 7.09. The van der Waals surface area contributed by atoms with Gasteiger partial charge in [0.25, 0.3) is 0 Å². The number of aryl methyl sites for hydroxylation is 1. The lowest BCUT2D eigenvalue weighted by atomic mass is 10.2. The Labute approximate surface area is 89.8 Å². The lowest BCUT2D eigenvalue weighted by molar-refractivity contribution is 0.493. The van der Waals surface area contributed by atoms with Gasteiger partial charge >= 0.3 is 0 Å². The van der Waals surface area contributed by atoms with Crippen LogP contribution in [0.5, 0.6) is 0 Å². The minimum Gasteiger partial charge on any atom is -0.308 e. The Morgan fingerprint density at radius 1 is 1.64 bits per heavy atom. The molecule has 0 amide bonds. The van der Waals surface area contributed by atoms with E-state index in [4.69, 9.17) is 0 Å². The quantitative estimate of drug-likeness (QED) is 0.808. The van der Waals surface area contributed by atoms with Crippen molar-refractivity contribution in [2.24, 2.45) is 5.92 Å². The van der Waals surface area contributed by atoms with E-state index in [9.17, 15) is 0 Å². The molecule has 1 aromatic rings. The van der Waals surface area contributed by atoms with Gasteiger partial charge in [-0.1, -0.05) is 6.92 Å². The molecule has 0 radical (unpaired) electrons. The Morgan fingerprint density at radius 3 is 3.00 bits per heavy atom. The summed E-state index contributed by atoms with van der Waals surface area (Å²) in [6, 6.07) is 0.668. The molecule has 1 aliphatic carbocycles. The SMILES string of the molecule is CCc1nc(CNC(C)C2CC2)cs1. The lowest BCUT2D eigenvalue weighted by Crippen LogP contribution is -2.27. The van der Waals surface area contributed by atoms with Crippen LogP contribution in [0.4, 0.5) is 0 Å². The van der Waals surface area contributed by atoms with Crippen molar-refractivity contribution in [3.8, 4) is 0 Å². The number of nitrogens with zero attached hydrogens (tertiary/aromatic N) is 1. The van der Waals surface area contributed by atoms with Crippen molar-refractivity contribution < 1.29 is 0 Å². The molecule has 2 rings (SSSR count). The van der Waals surface area contributed by atoms with Crippen molar-refractivity contribution in [1.82, 2.24) is 10.3 Å². The number of nitrogens with one attached hydrogen (secondary N) is 1. The van der Waals surface area contributed by atoms with E-state index in [0.29, 0.717) is 6.04 Å². The van der Waals surface area contributed by atoms with Gasteiger partial charge in [0.15, 0.2) is 0 Å². The molecule has 14 heavy (non-hydrogen) atoms. The van der Waals surface area contributed by atoms with E-state index >= 15 is 0 Å². The monoisotopic (exact) mass is 210 g/mol. The van der Waals surface area contributed by atoms with Gasteiger partial charge in [0.1, 0.15) is 0 Å². The maximum atomic E-state index is 4.54. The first-order valence-electron chi connectivity index (χ1n) is 5.46. The molecular formula is C11H18N2S. The van der Waals surface area contributed by atoms with Gasteiger partial charge in [-0.15, -0.1) is 11.3 Å². The molecule has 3 heteroatoms. The van der Waals surface area contributed by atoms with Crippen molar-refractivity contribution in [1.29, 1.82) is 0 Å². The Morgan fingerprint density at radius 2 is 2.43 bits per heavy atom. The van der Waals surface area contributed by atoms with Crippen LogP contribution in [-0.2, 0) is 13.0 Å². The zero-order valence-corrected chi connectivity index (χ0v) is 9.73. The topological polar surface area (TPSA) is 24.9 Å². The lowest BCUT2D eigenvalue weighted by Gasteiger charge is -2.10. The zero-order valence-electron chi connectivity index (χ0n) is 8.92. The van der Waals surface area contributed by atoms with Crippen LogP contribution < -0.4 is 5.32 Å². The average Bonchev–Trinajstić information content (AvgIpc) is 2.94. The van der Waals surface area contributed by atoms with Crippen LogP contribution in [0.2, 0.25) is 0 Å². The standard InChI is InChI=1S/C11H18N2S/c1-3-11-13-10(7-14-11)6-12-8(2)9-4-5-9/h7-9,12H,3-6H2,1-2H3. The van der Waals surface area contributed by atoms with Gasteiger partial charge in [-0.2, -0.15) is 0 Å². The second kappa shape index (κ2) is 4.41. The molecule has 1 aliphatic rings. The Hall–Kier alpha value is -0.410. The van der Waals surface area contributed by atoms with Crippen molar-refractivity contribution in [3.63, 3.8) is 0 Å². The third kappa shape index (κ3) is 2.55. The van der Waals surface area contributed by atoms with Gasteiger partial charge in [-0.05, 0) is 32.1 Å².